The van der Waals surface area contributed by atoms with Crippen molar-refractivity contribution in [2.45, 2.75) is 38.5 Å². The fourth-order valence-electron chi connectivity index (χ4n) is 1.80. The Bertz CT molecular complexity index is 332. The topological polar surface area (TPSA) is 149 Å². The van der Waals surface area contributed by atoms with Gasteiger partial charge in [-0.3, -0.25) is 19.2 Å². The first-order valence-corrected chi connectivity index (χ1v) is 6.13. The largest absolute Gasteiger partial charge is 0.481 e. The minimum Gasteiger partial charge on any atom is -0.481 e. The second kappa shape index (κ2) is 8.89. The van der Waals surface area contributed by atoms with Crippen LogP contribution < -0.4 is 0 Å². The Morgan fingerprint density at radius 2 is 0.900 bits per heavy atom. The van der Waals surface area contributed by atoms with Crippen molar-refractivity contribution in [3.05, 3.63) is 0 Å². The summed E-state index contributed by atoms with van der Waals surface area (Å²) in [4.78, 5) is 40.2. The highest BCUT2D eigenvalue weighted by molar-refractivity contribution is 5.75. The molecule has 0 aromatic carbocycles. The molecule has 114 valence electrons. The molecule has 1 saturated carbocycles. The third-order valence-corrected chi connectivity index (χ3v) is 2.98. The van der Waals surface area contributed by atoms with E-state index in [4.69, 9.17) is 20.4 Å². The summed E-state index contributed by atoms with van der Waals surface area (Å²) in [5.74, 6) is -4.38. The number of rotatable bonds is 5. The SMILES string of the molecule is O=C(O)C1CCC(C(=O)O)CC1.O=C(O)CCC(=O)O. The van der Waals surface area contributed by atoms with E-state index in [0.29, 0.717) is 25.7 Å². The predicted molar refractivity (Wildman–Crippen MR) is 65.2 cm³/mol. The summed E-state index contributed by atoms with van der Waals surface area (Å²) in [6.07, 6.45) is 1.43. The zero-order valence-electron chi connectivity index (χ0n) is 10.8. The molecule has 1 aliphatic carbocycles. The first kappa shape index (κ1) is 17.9. The van der Waals surface area contributed by atoms with E-state index in [9.17, 15) is 19.2 Å². The molecule has 0 radical (unpaired) electrons. The molecule has 8 heteroatoms. The Labute approximate surface area is 115 Å². The van der Waals surface area contributed by atoms with E-state index in [-0.39, 0.29) is 24.7 Å². The Kier molecular flexibility index (Phi) is 7.95. The lowest BCUT2D eigenvalue weighted by molar-refractivity contribution is -0.148. The maximum absolute atomic E-state index is 10.5. The van der Waals surface area contributed by atoms with Gasteiger partial charge >= 0.3 is 23.9 Å². The van der Waals surface area contributed by atoms with E-state index in [1.54, 1.807) is 0 Å². The van der Waals surface area contributed by atoms with Crippen LogP contribution >= 0.6 is 0 Å². The molecule has 0 bridgehead atoms. The molecule has 4 N–H and O–H groups in total. The van der Waals surface area contributed by atoms with Crippen LogP contribution in [0, 0.1) is 11.8 Å². The van der Waals surface area contributed by atoms with Crippen molar-refractivity contribution in [1.82, 2.24) is 0 Å². The molecule has 0 aromatic rings. The van der Waals surface area contributed by atoms with E-state index < -0.39 is 23.9 Å². The third-order valence-electron chi connectivity index (χ3n) is 2.98. The van der Waals surface area contributed by atoms with Crippen LogP contribution in [0.25, 0.3) is 0 Å². The second-order valence-corrected chi connectivity index (χ2v) is 4.51. The van der Waals surface area contributed by atoms with Gasteiger partial charge in [0, 0.05) is 0 Å². The summed E-state index contributed by atoms with van der Waals surface area (Å²) >= 11 is 0. The maximum atomic E-state index is 10.5. The van der Waals surface area contributed by atoms with Gasteiger partial charge in [0.25, 0.3) is 0 Å². The van der Waals surface area contributed by atoms with Crippen LogP contribution in [0.2, 0.25) is 0 Å². The van der Waals surface area contributed by atoms with Crippen molar-refractivity contribution in [2.24, 2.45) is 11.8 Å². The summed E-state index contributed by atoms with van der Waals surface area (Å²) in [6.45, 7) is 0. The summed E-state index contributed by atoms with van der Waals surface area (Å²) in [5.41, 5.74) is 0. The quantitative estimate of drug-likeness (QED) is 0.583. The summed E-state index contributed by atoms with van der Waals surface area (Å²) < 4.78 is 0. The van der Waals surface area contributed by atoms with Crippen LogP contribution in [0.5, 0.6) is 0 Å². The van der Waals surface area contributed by atoms with Crippen molar-refractivity contribution >= 4 is 23.9 Å². The highest BCUT2D eigenvalue weighted by Crippen LogP contribution is 2.28. The van der Waals surface area contributed by atoms with E-state index in [0.717, 1.165) is 0 Å². The zero-order chi connectivity index (χ0) is 15.7. The van der Waals surface area contributed by atoms with Crippen molar-refractivity contribution in [1.29, 1.82) is 0 Å². The van der Waals surface area contributed by atoms with E-state index >= 15 is 0 Å². The highest BCUT2D eigenvalue weighted by atomic mass is 16.4. The fraction of sp³-hybridized carbons (Fsp3) is 0.667. The highest BCUT2D eigenvalue weighted by Gasteiger charge is 2.29. The van der Waals surface area contributed by atoms with Crippen molar-refractivity contribution in [2.75, 3.05) is 0 Å². The zero-order valence-corrected chi connectivity index (χ0v) is 10.8. The molecule has 0 saturated heterocycles. The average Bonchev–Trinajstić information content (AvgIpc) is 2.37. The van der Waals surface area contributed by atoms with Gasteiger partial charge in [0.15, 0.2) is 0 Å². The van der Waals surface area contributed by atoms with Gasteiger partial charge in [-0.2, -0.15) is 0 Å². The van der Waals surface area contributed by atoms with Gasteiger partial charge in [-0.1, -0.05) is 0 Å². The first-order chi connectivity index (χ1) is 9.23. The van der Waals surface area contributed by atoms with E-state index in [1.165, 1.54) is 0 Å². The number of carbonyl (C=O) groups is 4. The number of hydrogen-bond donors (Lipinski definition) is 4. The molecule has 1 fully saturated rings. The van der Waals surface area contributed by atoms with Gasteiger partial charge < -0.3 is 20.4 Å². The molecule has 20 heavy (non-hydrogen) atoms. The standard InChI is InChI=1S/C8H12O4.C4H6O4/c9-7(10)5-1-2-6(4-3-5)8(11)12;5-3(6)1-2-4(7)8/h5-6H,1-4H2,(H,9,10)(H,11,12);1-2H2,(H,5,6)(H,7,8). The lowest BCUT2D eigenvalue weighted by atomic mass is 9.82. The molecule has 0 aliphatic heterocycles. The maximum Gasteiger partial charge on any atom is 0.306 e. The van der Waals surface area contributed by atoms with Crippen molar-refractivity contribution in [3.8, 4) is 0 Å². The summed E-state index contributed by atoms with van der Waals surface area (Å²) in [7, 11) is 0. The molecular weight excluding hydrogens is 272 g/mol. The monoisotopic (exact) mass is 290 g/mol. The van der Waals surface area contributed by atoms with Gasteiger partial charge in [0.1, 0.15) is 0 Å². The lowest BCUT2D eigenvalue weighted by Crippen LogP contribution is -2.25. The Hall–Kier alpha value is -2.12. The molecule has 0 unspecified atom stereocenters. The van der Waals surface area contributed by atoms with Crippen molar-refractivity contribution < 1.29 is 39.6 Å². The Morgan fingerprint density at radius 1 is 0.650 bits per heavy atom. The smallest absolute Gasteiger partial charge is 0.306 e. The fourth-order valence-corrected chi connectivity index (χ4v) is 1.80. The van der Waals surface area contributed by atoms with Gasteiger partial charge in [-0.25, -0.2) is 0 Å². The molecule has 0 amide bonds. The molecule has 0 heterocycles. The number of carboxylic acids is 4. The molecule has 1 aliphatic rings. The van der Waals surface area contributed by atoms with Crippen LogP contribution in [-0.4, -0.2) is 44.3 Å². The number of carboxylic acid groups (broad SMARTS) is 4. The average molecular weight is 290 g/mol. The number of aliphatic carboxylic acids is 4. The van der Waals surface area contributed by atoms with E-state index in [2.05, 4.69) is 0 Å². The van der Waals surface area contributed by atoms with E-state index in [1.807, 2.05) is 0 Å². The third kappa shape index (κ3) is 8.06. The number of hydrogen-bond acceptors (Lipinski definition) is 4. The van der Waals surface area contributed by atoms with Crippen LogP contribution in [0.3, 0.4) is 0 Å². The molecule has 0 atom stereocenters. The molecule has 1 rings (SSSR count). The molecular formula is C12H18O8. The van der Waals surface area contributed by atoms with Crippen LogP contribution in [0.4, 0.5) is 0 Å². The van der Waals surface area contributed by atoms with Gasteiger partial charge in [0.05, 0.1) is 24.7 Å². The van der Waals surface area contributed by atoms with Gasteiger partial charge in [0.2, 0.25) is 0 Å². The molecule has 0 aromatic heterocycles. The molecule has 0 spiro atoms. The lowest BCUT2D eigenvalue weighted by Gasteiger charge is -2.22. The first-order valence-electron chi connectivity index (χ1n) is 6.13. The van der Waals surface area contributed by atoms with Crippen LogP contribution in [-0.2, 0) is 19.2 Å². The van der Waals surface area contributed by atoms with Crippen LogP contribution in [0.15, 0.2) is 0 Å². The summed E-state index contributed by atoms with van der Waals surface area (Å²) in [6, 6.07) is 0. The van der Waals surface area contributed by atoms with Crippen LogP contribution in [0.1, 0.15) is 38.5 Å². The Morgan fingerprint density at radius 3 is 1.05 bits per heavy atom. The van der Waals surface area contributed by atoms with Crippen molar-refractivity contribution in [3.63, 3.8) is 0 Å². The normalized spacial score (nSPS) is 21.2. The second-order valence-electron chi connectivity index (χ2n) is 4.51. The molecule has 8 nitrogen and oxygen atoms in total. The minimum absolute atomic E-state index is 0.296. The Balaban J connectivity index is 0.000000396. The predicted octanol–water partition coefficient (Wildman–Crippen LogP) is 0.898. The summed E-state index contributed by atoms with van der Waals surface area (Å²) in [5, 5.41) is 33.0. The van der Waals surface area contributed by atoms with Gasteiger partial charge in [-0.05, 0) is 25.7 Å². The van der Waals surface area contributed by atoms with Gasteiger partial charge in [-0.15, -0.1) is 0 Å². The minimum atomic E-state index is -1.08.